The number of hydrogen-bond donors (Lipinski definition) is 1. The van der Waals surface area contributed by atoms with E-state index in [0.29, 0.717) is 41.9 Å². The molecule has 0 radical (unpaired) electrons. The highest BCUT2D eigenvalue weighted by molar-refractivity contribution is 14.1. The lowest BCUT2D eigenvalue weighted by atomic mass is 10.1. The first-order valence-corrected chi connectivity index (χ1v) is 12.1. The summed E-state index contributed by atoms with van der Waals surface area (Å²) < 4.78 is 16.8. The fourth-order valence-corrected chi connectivity index (χ4v) is 4.17. The second kappa shape index (κ2) is 12.6. The number of ether oxygens (including phenoxy) is 3. The van der Waals surface area contributed by atoms with Crippen LogP contribution in [0.15, 0.2) is 60.2 Å². The fraction of sp³-hybridized carbons (Fsp3) is 0.115. The fourth-order valence-electron chi connectivity index (χ4n) is 3.07. The van der Waals surface area contributed by atoms with Gasteiger partial charge in [-0.3, -0.25) is 4.79 Å². The number of carbonyl (C=O) groups is 2. The lowest BCUT2D eigenvalue weighted by Gasteiger charge is -2.14. The Balaban J connectivity index is 1.78. The van der Waals surface area contributed by atoms with Gasteiger partial charge in [-0.2, -0.15) is 5.26 Å². The average Bonchev–Trinajstić information content (AvgIpc) is 2.88. The molecule has 3 aromatic carbocycles. The van der Waals surface area contributed by atoms with Crippen molar-refractivity contribution in [3.8, 4) is 17.6 Å². The molecule has 1 amide bonds. The molecule has 0 bridgehead atoms. The minimum Gasteiger partial charge on any atom is -0.493 e. The monoisotopic (exact) mass is 636 g/mol. The molecule has 0 aliphatic rings. The third-order valence-corrected chi connectivity index (χ3v) is 6.40. The maximum atomic E-state index is 12.7. The zero-order valence-corrected chi connectivity index (χ0v) is 22.8. The first-order valence-electron chi connectivity index (χ1n) is 10.3. The lowest BCUT2D eigenvalue weighted by Crippen LogP contribution is -2.13. The van der Waals surface area contributed by atoms with E-state index in [1.165, 1.54) is 32.4 Å². The molecule has 0 saturated carbocycles. The maximum absolute atomic E-state index is 12.7. The summed E-state index contributed by atoms with van der Waals surface area (Å²) in [6.45, 7) is 0.235. The highest BCUT2D eigenvalue weighted by Crippen LogP contribution is 2.35. The van der Waals surface area contributed by atoms with Crippen LogP contribution in [0.25, 0.3) is 6.08 Å². The van der Waals surface area contributed by atoms with E-state index < -0.39 is 11.9 Å². The van der Waals surface area contributed by atoms with Crippen molar-refractivity contribution in [3.05, 3.63) is 90.5 Å². The van der Waals surface area contributed by atoms with Gasteiger partial charge in [0, 0.05) is 5.69 Å². The van der Waals surface area contributed by atoms with E-state index in [1.807, 2.05) is 12.1 Å². The number of benzene rings is 3. The predicted molar refractivity (Wildman–Crippen MR) is 147 cm³/mol. The molecule has 10 heteroatoms. The number of carbonyl (C=O) groups excluding carboxylic acids is 2. The van der Waals surface area contributed by atoms with Crippen molar-refractivity contribution in [1.82, 2.24) is 0 Å². The number of methoxy groups -OCH3 is 2. The van der Waals surface area contributed by atoms with Gasteiger partial charge in [-0.15, -0.1) is 0 Å². The van der Waals surface area contributed by atoms with Crippen molar-refractivity contribution in [2.75, 3.05) is 19.5 Å². The van der Waals surface area contributed by atoms with E-state index in [4.69, 9.17) is 32.7 Å². The third kappa shape index (κ3) is 6.91. The van der Waals surface area contributed by atoms with Gasteiger partial charge in [0.25, 0.3) is 5.91 Å². The van der Waals surface area contributed by atoms with Crippen LogP contribution in [0, 0.1) is 14.9 Å². The third-order valence-electron chi connectivity index (χ3n) is 4.86. The minimum absolute atomic E-state index is 0.116. The van der Waals surface area contributed by atoms with Gasteiger partial charge in [0.05, 0.1) is 33.4 Å². The second-order valence-corrected chi connectivity index (χ2v) is 9.24. The van der Waals surface area contributed by atoms with Crippen LogP contribution < -0.4 is 14.8 Å². The summed E-state index contributed by atoms with van der Waals surface area (Å²) in [5.41, 5.74) is 2.05. The van der Waals surface area contributed by atoms with Crippen LogP contribution in [0.2, 0.25) is 10.0 Å². The largest absolute Gasteiger partial charge is 0.493 e. The number of esters is 1. The molecular weight excluding hydrogens is 618 g/mol. The van der Waals surface area contributed by atoms with Crippen molar-refractivity contribution >= 4 is 69.4 Å². The number of amides is 1. The summed E-state index contributed by atoms with van der Waals surface area (Å²) >= 11 is 14.1. The quantitative estimate of drug-likeness (QED) is 0.131. The minimum atomic E-state index is -0.600. The summed E-state index contributed by atoms with van der Waals surface area (Å²) in [4.78, 5) is 24.2. The molecule has 0 unspecified atom stereocenters. The zero-order valence-electron chi connectivity index (χ0n) is 19.1. The van der Waals surface area contributed by atoms with Crippen LogP contribution >= 0.6 is 45.8 Å². The molecule has 0 fully saturated rings. The van der Waals surface area contributed by atoms with Gasteiger partial charge < -0.3 is 19.5 Å². The Hall–Kier alpha value is -3.26. The van der Waals surface area contributed by atoms with Crippen LogP contribution in [-0.4, -0.2) is 26.1 Å². The van der Waals surface area contributed by atoms with Crippen molar-refractivity contribution in [1.29, 1.82) is 5.26 Å². The van der Waals surface area contributed by atoms with Gasteiger partial charge in [-0.25, -0.2) is 4.79 Å². The Labute approximate surface area is 231 Å². The second-order valence-electron chi connectivity index (χ2n) is 7.26. The highest BCUT2D eigenvalue weighted by Gasteiger charge is 2.15. The molecule has 184 valence electrons. The Bertz CT molecular complexity index is 1370. The van der Waals surface area contributed by atoms with Crippen LogP contribution in [0.5, 0.6) is 11.5 Å². The summed E-state index contributed by atoms with van der Waals surface area (Å²) in [5.74, 6) is -0.144. The standard InChI is InChI=1S/C26H19Cl2IN2O5/c1-34-23-12-16(11-22(29)24(23)36-14-15-3-8-20(27)21(28)10-15)9-18(13-30)25(32)31-19-6-4-17(5-7-19)26(33)35-2/h3-12H,14H2,1-2H3,(H,31,32)/b18-9+. The molecular formula is C26H19Cl2IN2O5. The van der Waals surface area contributed by atoms with Crippen molar-refractivity contribution in [2.24, 2.45) is 0 Å². The lowest BCUT2D eigenvalue weighted by molar-refractivity contribution is -0.112. The SMILES string of the molecule is COC(=O)c1ccc(NC(=O)/C(C#N)=C/c2cc(I)c(OCc3ccc(Cl)c(Cl)c3)c(OC)c2)cc1. The van der Waals surface area contributed by atoms with Crippen LogP contribution in [-0.2, 0) is 16.1 Å². The molecule has 0 spiro atoms. The first-order chi connectivity index (χ1) is 17.2. The van der Waals surface area contributed by atoms with Crippen LogP contribution in [0.4, 0.5) is 5.69 Å². The molecule has 0 saturated heterocycles. The molecule has 36 heavy (non-hydrogen) atoms. The molecule has 0 heterocycles. The molecule has 0 aliphatic heterocycles. The number of hydrogen-bond acceptors (Lipinski definition) is 6. The molecule has 1 N–H and O–H groups in total. The Morgan fingerprint density at radius 1 is 1.06 bits per heavy atom. The predicted octanol–water partition coefficient (Wildman–Crippen LogP) is 6.52. The number of nitrogens with zero attached hydrogens (tertiary/aromatic N) is 1. The van der Waals surface area contributed by atoms with Crippen molar-refractivity contribution < 1.29 is 23.8 Å². The number of rotatable bonds is 8. The van der Waals surface area contributed by atoms with Gasteiger partial charge in [0.2, 0.25) is 0 Å². The summed E-state index contributed by atoms with van der Waals surface area (Å²) in [6, 6.07) is 16.7. The van der Waals surface area contributed by atoms with Crippen molar-refractivity contribution in [3.63, 3.8) is 0 Å². The van der Waals surface area contributed by atoms with Gasteiger partial charge in [-0.05, 0) is 88.3 Å². The van der Waals surface area contributed by atoms with Gasteiger partial charge >= 0.3 is 5.97 Å². The molecule has 3 aromatic rings. The van der Waals surface area contributed by atoms with Crippen LogP contribution in [0.3, 0.4) is 0 Å². The van der Waals surface area contributed by atoms with E-state index >= 15 is 0 Å². The van der Waals surface area contributed by atoms with E-state index in [2.05, 4.69) is 32.6 Å². The molecule has 3 rings (SSSR count). The van der Waals surface area contributed by atoms with Crippen LogP contribution in [0.1, 0.15) is 21.5 Å². The Kier molecular flexibility index (Phi) is 9.58. The molecule has 0 aliphatic carbocycles. The van der Waals surface area contributed by atoms with Gasteiger partial charge in [0.15, 0.2) is 11.5 Å². The average molecular weight is 637 g/mol. The summed E-state index contributed by atoms with van der Waals surface area (Å²) in [7, 11) is 2.79. The van der Waals surface area contributed by atoms with Gasteiger partial charge in [0.1, 0.15) is 18.2 Å². The highest BCUT2D eigenvalue weighted by atomic mass is 127. The maximum Gasteiger partial charge on any atom is 0.337 e. The number of anilines is 1. The first kappa shape index (κ1) is 27.3. The number of nitrogens with one attached hydrogen (secondary N) is 1. The molecule has 0 aromatic heterocycles. The van der Waals surface area contributed by atoms with E-state index in [9.17, 15) is 14.9 Å². The molecule has 0 atom stereocenters. The Morgan fingerprint density at radius 3 is 2.39 bits per heavy atom. The molecule has 7 nitrogen and oxygen atoms in total. The van der Waals surface area contributed by atoms with E-state index in [-0.39, 0.29) is 12.2 Å². The van der Waals surface area contributed by atoms with Gasteiger partial charge in [-0.1, -0.05) is 29.3 Å². The smallest absolute Gasteiger partial charge is 0.337 e. The normalized spacial score (nSPS) is 10.8. The van der Waals surface area contributed by atoms with E-state index in [1.54, 1.807) is 36.4 Å². The zero-order chi connectivity index (χ0) is 26.2. The Morgan fingerprint density at radius 2 is 1.78 bits per heavy atom. The number of nitriles is 1. The summed E-state index contributed by atoms with van der Waals surface area (Å²) in [5, 5.41) is 13.1. The number of halogens is 3. The summed E-state index contributed by atoms with van der Waals surface area (Å²) in [6.07, 6.45) is 1.45. The topological polar surface area (TPSA) is 97.7 Å². The van der Waals surface area contributed by atoms with E-state index in [0.717, 1.165) is 5.56 Å². The van der Waals surface area contributed by atoms with Crippen molar-refractivity contribution in [2.45, 2.75) is 6.61 Å².